The number of nitrogens with zero attached hydrogens (tertiary/aromatic N) is 2. The van der Waals surface area contributed by atoms with E-state index in [0.29, 0.717) is 5.41 Å². The molecule has 0 bridgehead atoms. The second-order valence-electron chi connectivity index (χ2n) is 5.80. The summed E-state index contributed by atoms with van der Waals surface area (Å²) >= 11 is 1.69. The smallest absolute Gasteiger partial charge is 0.193 e. The van der Waals surface area contributed by atoms with Gasteiger partial charge in [0, 0.05) is 30.9 Å². The summed E-state index contributed by atoms with van der Waals surface area (Å²) in [5.74, 6) is 0. The standard InChI is InChI=1S/C14H21N3S/c1-14(5-3-2-4-6-14)11-15-9-12-10-17-7-8-18-13(17)16-12/h7-8,10,15H,2-6,9,11H2,1H3. The van der Waals surface area contributed by atoms with E-state index in [1.807, 2.05) is 0 Å². The molecule has 3 rings (SSSR count). The fourth-order valence-corrected chi connectivity index (χ4v) is 3.65. The first-order valence-corrected chi connectivity index (χ1v) is 7.75. The van der Waals surface area contributed by atoms with Gasteiger partial charge in [-0.15, -0.1) is 11.3 Å². The number of thiazole rings is 1. The molecule has 98 valence electrons. The van der Waals surface area contributed by atoms with E-state index in [-0.39, 0.29) is 0 Å². The van der Waals surface area contributed by atoms with Crippen LogP contribution in [0, 0.1) is 5.41 Å². The number of hydrogen-bond acceptors (Lipinski definition) is 3. The quantitative estimate of drug-likeness (QED) is 0.915. The molecule has 4 heteroatoms. The van der Waals surface area contributed by atoms with Gasteiger partial charge in [-0.2, -0.15) is 0 Å². The molecule has 2 heterocycles. The van der Waals surface area contributed by atoms with Crippen molar-refractivity contribution in [3.05, 3.63) is 23.5 Å². The van der Waals surface area contributed by atoms with Crippen molar-refractivity contribution in [2.24, 2.45) is 5.41 Å². The third-order valence-corrected chi connectivity index (χ3v) is 4.83. The van der Waals surface area contributed by atoms with Gasteiger partial charge in [0.25, 0.3) is 0 Å². The van der Waals surface area contributed by atoms with E-state index in [0.717, 1.165) is 23.7 Å². The van der Waals surface area contributed by atoms with Crippen LogP contribution in [0.15, 0.2) is 17.8 Å². The third-order valence-electron chi connectivity index (χ3n) is 4.06. The van der Waals surface area contributed by atoms with Gasteiger partial charge in [-0.1, -0.05) is 26.2 Å². The van der Waals surface area contributed by atoms with Crippen molar-refractivity contribution in [2.45, 2.75) is 45.6 Å². The van der Waals surface area contributed by atoms with Crippen LogP contribution in [-0.2, 0) is 6.54 Å². The Morgan fingerprint density at radius 3 is 3.00 bits per heavy atom. The van der Waals surface area contributed by atoms with Gasteiger partial charge in [-0.3, -0.25) is 4.40 Å². The predicted molar refractivity (Wildman–Crippen MR) is 76.0 cm³/mol. The number of nitrogens with one attached hydrogen (secondary N) is 1. The van der Waals surface area contributed by atoms with Crippen LogP contribution in [0.2, 0.25) is 0 Å². The van der Waals surface area contributed by atoms with Gasteiger partial charge in [0.2, 0.25) is 0 Å². The fraction of sp³-hybridized carbons (Fsp3) is 0.643. The summed E-state index contributed by atoms with van der Waals surface area (Å²) in [7, 11) is 0. The fourth-order valence-electron chi connectivity index (χ4n) is 2.94. The van der Waals surface area contributed by atoms with E-state index in [2.05, 4.69) is 39.4 Å². The molecule has 2 aromatic heterocycles. The van der Waals surface area contributed by atoms with Gasteiger partial charge < -0.3 is 5.32 Å². The second-order valence-corrected chi connectivity index (χ2v) is 6.67. The van der Waals surface area contributed by atoms with Gasteiger partial charge in [0.05, 0.1) is 5.69 Å². The SMILES string of the molecule is CC1(CNCc2cn3ccsc3n2)CCCCC1. The molecule has 2 aromatic rings. The maximum atomic E-state index is 4.60. The van der Waals surface area contributed by atoms with Crippen molar-refractivity contribution < 1.29 is 0 Å². The number of aromatic nitrogens is 2. The minimum absolute atomic E-state index is 0.509. The van der Waals surface area contributed by atoms with E-state index in [1.165, 1.54) is 32.1 Å². The highest BCUT2D eigenvalue weighted by Gasteiger charge is 2.26. The van der Waals surface area contributed by atoms with Gasteiger partial charge in [0.1, 0.15) is 0 Å². The summed E-state index contributed by atoms with van der Waals surface area (Å²) in [5.41, 5.74) is 1.66. The average molecular weight is 263 g/mol. The van der Waals surface area contributed by atoms with Gasteiger partial charge >= 0.3 is 0 Å². The molecule has 1 fully saturated rings. The van der Waals surface area contributed by atoms with Gasteiger partial charge in [0.15, 0.2) is 4.96 Å². The number of hydrogen-bond donors (Lipinski definition) is 1. The lowest BCUT2D eigenvalue weighted by atomic mass is 9.76. The summed E-state index contributed by atoms with van der Waals surface area (Å²) in [6, 6.07) is 0. The van der Waals surface area contributed by atoms with Crippen LogP contribution in [0.5, 0.6) is 0 Å². The van der Waals surface area contributed by atoms with E-state index in [4.69, 9.17) is 0 Å². The number of imidazole rings is 1. The Bertz CT molecular complexity index is 479. The van der Waals surface area contributed by atoms with E-state index in [1.54, 1.807) is 11.3 Å². The molecule has 18 heavy (non-hydrogen) atoms. The Kier molecular flexibility index (Phi) is 3.39. The highest BCUT2D eigenvalue weighted by molar-refractivity contribution is 7.15. The largest absolute Gasteiger partial charge is 0.311 e. The Balaban J connectivity index is 1.53. The van der Waals surface area contributed by atoms with Crippen molar-refractivity contribution in [3.63, 3.8) is 0 Å². The van der Waals surface area contributed by atoms with Crippen LogP contribution >= 0.6 is 11.3 Å². The molecule has 3 nitrogen and oxygen atoms in total. The number of fused-ring (bicyclic) bond motifs is 1. The van der Waals surface area contributed by atoms with Crippen LogP contribution < -0.4 is 5.32 Å². The lowest BCUT2D eigenvalue weighted by Gasteiger charge is -2.33. The predicted octanol–water partition coefficient (Wildman–Crippen LogP) is 3.46. The van der Waals surface area contributed by atoms with E-state index in [9.17, 15) is 0 Å². The van der Waals surface area contributed by atoms with Crippen LogP contribution in [0.25, 0.3) is 4.96 Å². The molecule has 1 aliphatic rings. The molecular weight excluding hydrogens is 242 g/mol. The lowest BCUT2D eigenvalue weighted by Crippen LogP contribution is -2.33. The van der Waals surface area contributed by atoms with Crippen LogP contribution in [0.4, 0.5) is 0 Å². The number of rotatable bonds is 4. The Labute approximate surface area is 112 Å². The first kappa shape index (κ1) is 12.2. The van der Waals surface area contributed by atoms with Crippen molar-refractivity contribution in [3.8, 4) is 0 Å². The first-order chi connectivity index (χ1) is 8.75. The summed E-state index contributed by atoms with van der Waals surface area (Å²) in [6.45, 7) is 4.44. The summed E-state index contributed by atoms with van der Waals surface area (Å²) in [6.07, 6.45) is 11.2. The van der Waals surface area contributed by atoms with Crippen LogP contribution in [-0.4, -0.2) is 15.9 Å². The minimum atomic E-state index is 0.509. The topological polar surface area (TPSA) is 29.3 Å². The van der Waals surface area contributed by atoms with E-state index >= 15 is 0 Å². The monoisotopic (exact) mass is 263 g/mol. The summed E-state index contributed by atoms with van der Waals surface area (Å²) in [5, 5.41) is 5.66. The van der Waals surface area contributed by atoms with Crippen molar-refractivity contribution in [1.82, 2.24) is 14.7 Å². The Morgan fingerprint density at radius 2 is 2.22 bits per heavy atom. The third kappa shape index (κ3) is 2.59. The van der Waals surface area contributed by atoms with Crippen molar-refractivity contribution in [1.29, 1.82) is 0 Å². The maximum Gasteiger partial charge on any atom is 0.193 e. The average Bonchev–Trinajstić information content (AvgIpc) is 2.90. The highest BCUT2D eigenvalue weighted by Crippen LogP contribution is 2.34. The molecule has 0 radical (unpaired) electrons. The molecule has 1 N–H and O–H groups in total. The molecule has 0 unspecified atom stereocenters. The van der Waals surface area contributed by atoms with E-state index < -0.39 is 0 Å². The molecule has 0 amide bonds. The Morgan fingerprint density at radius 1 is 1.39 bits per heavy atom. The van der Waals surface area contributed by atoms with Crippen LogP contribution in [0.3, 0.4) is 0 Å². The maximum absolute atomic E-state index is 4.60. The second kappa shape index (κ2) is 5.02. The minimum Gasteiger partial charge on any atom is -0.311 e. The molecule has 0 spiro atoms. The van der Waals surface area contributed by atoms with Gasteiger partial charge in [-0.05, 0) is 18.3 Å². The highest BCUT2D eigenvalue weighted by atomic mass is 32.1. The zero-order valence-corrected chi connectivity index (χ0v) is 11.8. The molecule has 0 saturated heterocycles. The van der Waals surface area contributed by atoms with Gasteiger partial charge in [-0.25, -0.2) is 4.98 Å². The Hall–Kier alpha value is -0.870. The molecular formula is C14H21N3S. The first-order valence-electron chi connectivity index (χ1n) is 6.87. The normalized spacial score (nSPS) is 19.4. The summed E-state index contributed by atoms with van der Waals surface area (Å²) in [4.78, 5) is 5.69. The molecule has 1 saturated carbocycles. The van der Waals surface area contributed by atoms with Crippen molar-refractivity contribution in [2.75, 3.05) is 6.54 Å². The molecule has 0 aromatic carbocycles. The molecule has 1 aliphatic carbocycles. The lowest BCUT2D eigenvalue weighted by molar-refractivity contribution is 0.207. The zero-order chi connectivity index (χ0) is 12.4. The summed E-state index contributed by atoms with van der Waals surface area (Å²) < 4.78 is 2.10. The van der Waals surface area contributed by atoms with Crippen molar-refractivity contribution >= 4 is 16.3 Å². The zero-order valence-electron chi connectivity index (χ0n) is 11.0. The van der Waals surface area contributed by atoms with Crippen LogP contribution in [0.1, 0.15) is 44.7 Å². The molecule has 0 atom stereocenters. The molecule has 0 aliphatic heterocycles.